The number of aliphatic hydroxyl groups is 1. The van der Waals surface area contributed by atoms with Gasteiger partial charge in [-0.1, -0.05) is 25.7 Å². The number of nitrogens with zero attached hydrogens (tertiary/aromatic N) is 1. The van der Waals surface area contributed by atoms with Gasteiger partial charge in [-0.05, 0) is 44.4 Å². The lowest BCUT2D eigenvalue weighted by molar-refractivity contribution is -0.129. The summed E-state index contributed by atoms with van der Waals surface area (Å²) in [7, 11) is 0. The molecule has 0 aromatic rings. The maximum Gasteiger partial charge on any atom is 0.240 e. The molecule has 0 aromatic heterocycles. The molecule has 0 aliphatic heterocycles. The van der Waals surface area contributed by atoms with E-state index in [1.165, 1.54) is 0 Å². The summed E-state index contributed by atoms with van der Waals surface area (Å²) in [6.45, 7) is 0.662. The van der Waals surface area contributed by atoms with Crippen molar-refractivity contribution in [3.63, 3.8) is 0 Å². The fourth-order valence-corrected chi connectivity index (χ4v) is 3.48. The maximum absolute atomic E-state index is 12.4. The van der Waals surface area contributed by atoms with Crippen molar-refractivity contribution in [1.29, 1.82) is 5.26 Å². The Morgan fingerprint density at radius 1 is 1.15 bits per heavy atom. The van der Waals surface area contributed by atoms with Gasteiger partial charge in [-0.15, -0.1) is 0 Å². The van der Waals surface area contributed by atoms with Crippen LogP contribution in [0.2, 0.25) is 0 Å². The number of rotatable bonds is 3. The molecule has 20 heavy (non-hydrogen) atoms. The van der Waals surface area contributed by atoms with Crippen LogP contribution < -0.4 is 5.32 Å². The van der Waals surface area contributed by atoms with Gasteiger partial charge in [0.2, 0.25) is 5.91 Å². The summed E-state index contributed by atoms with van der Waals surface area (Å²) >= 11 is 0. The highest BCUT2D eigenvalue weighted by atomic mass is 16.3. The quantitative estimate of drug-likeness (QED) is 0.779. The van der Waals surface area contributed by atoms with Crippen LogP contribution in [0.5, 0.6) is 0 Å². The molecule has 0 saturated heterocycles. The Hall–Kier alpha value is -1.08. The molecule has 2 saturated carbocycles. The molecular formula is C16H26N2O2. The molecular weight excluding hydrogens is 252 g/mol. The summed E-state index contributed by atoms with van der Waals surface area (Å²) in [6, 6.07) is 2.30. The van der Waals surface area contributed by atoms with Crippen LogP contribution in [0.15, 0.2) is 0 Å². The normalized spacial score (nSPS) is 30.0. The molecule has 2 fully saturated rings. The Balaban J connectivity index is 1.85. The van der Waals surface area contributed by atoms with Gasteiger partial charge in [-0.3, -0.25) is 4.79 Å². The second-order valence-electron chi connectivity index (χ2n) is 6.49. The van der Waals surface area contributed by atoms with Crippen molar-refractivity contribution in [2.24, 2.45) is 11.3 Å². The van der Waals surface area contributed by atoms with Crippen LogP contribution in [0.25, 0.3) is 0 Å². The minimum atomic E-state index is -0.787. The molecule has 2 N–H and O–H groups in total. The molecule has 0 radical (unpaired) electrons. The SMILES string of the molecule is N#CC1(C(=O)NCC2CCC(O)CC2)CCCCCC1. The van der Waals surface area contributed by atoms with E-state index in [4.69, 9.17) is 0 Å². The van der Waals surface area contributed by atoms with Crippen LogP contribution >= 0.6 is 0 Å². The molecule has 0 aromatic carbocycles. The molecule has 0 unspecified atom stereocenters. The second-order valence-corrected chi connectivity index (χ2v) is 6.49. The van der Waals surface area contributed by atoms with Crippen molar-refractivity contribution in [3.8, 4) is 6.07 Å². The lowest BCUT2D eigenvalue weighted by Gasteiger charge is -2.28. The van der Waals surface area contributed by atoms with E-state index in [2.05, 4.69) is 11.4 Å². The van der Waals surface area contributed by atoms with E-state index >= 15 is 0 Å². The largest absolute Gasteiger partial charge is 0.393 e. The van der Waals surface area contributed by atoms with Crippen molar-refractivity contribution < 1.29 is 9.90 Å². The van der Waals surface area contributed by atoms with Crippen LogP contribution in [-0.2, 0) is 4.79 Å². The van der Waals surface area contributed by atoms with Gasteiger partial charge < -0.3 is 10.4 Å². The first-order valence-electron chi connectivity index (χ1n) is 8.04. The topological polar surface area (TPSA) is 73.1 Å². The summed E-state index contributed by atoms with van der Waals surface area (Å²) in [5, 5.41) is 22.0. The lowest BCUT2D eigenvalue weighted by Crippen LogP contribution is -2.42. The van der Waals surface area contributed by atoms with Crippen molar-refractivity contribution in [3.05, 3.63) is 0 Å². The van der Waals surface area contributed by atoms with E-state index in [-0.39, 0.29) is 12.0 Å². The van der Waals surface area contributed by atoms with Crippen LogP contribution in [0.1, 0.15) is 64.2 Å². The first-order valence-corrected chi connectivity index (χ1v) is 8.04. The average Bonchev–Trinajstić information content (AvgIpc) is 2.73. The van der Waals surface area contributed by atoms with E-state index < -0.39 is 5.41 Å². The first kappa shape index (κ1) is 15.3. The molecule has 4 nitrogen and oxygen atoms in total. The van der Waals surface area contributed by atoms with E-state index in [0.717, 1.165) is 51.4 Å². The number of nitrogens with one attached hydrogen (secondary N) is 1. The third-order valence-electron chi connectivity index (χ3n) is 4.97. The first-order chi connectivity index (χ1) is 9.66. The van der Waals surface area contributed by atoms with Gasteiger partial charge in [0.1, 0.15) is 5.41 Å². The number of amides is 1. The summed E-state index contributed by atoms with van der Waals surface area (Å²) < 4.78 is 0. The van der Waals surface area contributed by atoms with Crippen LogP contribution in [0, 0.1) is 22.7 Å². The van der Waals surface area contributed by atoms with E-state index in [9.17, 15) is 15.2 Å². The smallest absolute Gasteiger partial charge is 0.240 e. The minimum absolute atomic E-state index is 0.0620. The summed E-state index contributed by atoms with van der Waals surface area (Å²) in [6.07, 6.45) is 9.11. The Bertz CT molecular complexity index is 359. The van der Waals surface area contributed by atoms with E-state index in [0.29, 0.717) is 25.3 Å². The van der Waals surface area contributed by atoms with E-state index in [1.54, 1.807) is 0 Å². The van der Waals surface area contributed by atoms with Gasteiger partial charge in [0.15, 0.2) is 0 Å². The molecule has 1 amide bonds. The Morgan fingerprint density at radius 2 is 1.75 bits per heavy atom. The Kier molecular flexibility index (Phi) is 5.42. The zero-order valence-electron chi connectivity index (χ0n) is 12.2. The maximum atomic E-state index is 12.4. The average molecular weight is 278 g/mol. The summed E-state index contributed by atoms with van der Waals surface area (Å²) in [5.74, 6) is 0.400. The van der Waals surface area contributed by atoms with Gasteiger partial charge in [0.25, 0.3) is 0 Å². The Morgan fingerprint density at radius 3 is 2.30 bits per heavy atom. The van der Waals surface area contributed by atoms with Crippen molar-refractivity contribution >= 4 is 5.91 Å². The fraction of sp³-hybridized carbons (Fsp3) is 0.875. The summed E-state index contributed by atoms with van der Waals surface area (Å²) in [4.78, 5) is 12.4. The number of carbonyl (C=O) groups excluding carboxylic acids is 1. The Labute approximate surface area is 121 Å². The monoisotopic (exact) mass is 278 g/mol. The van der Waals surface area contributed by atoms with Gasteiger partial charge in [-0.25, -0.2) is 0 Å². The highest BCUT2D eigenvalue weighted by Crippen LogP contribution is 2.35. The van der Waals surface area contributed by atoms with Crippen LogP contribution in [0.3, 0.4) is 0 Å². The van der Waals surface area contributed by atoms with Crippen molar-refractivity contribution in [1.82, 2.24) is 5.32 Å². The van der Waals surface area contributed by atoms with Crippen molar-refractivity contribution in [2.45, 2.75) is 70.3 Å². The van der Waals surface area contributed by atoms with Gasteiger partial charge in [0.05, 0.1) is 12.2 Å². The summed E-state index contributed by atoms with van der Waals surface area (Å²) in [5.41, 5.74) is -0.787. The van der Waals surface area contributed by atoms with Crippen LogP contribution in [0.4, 0.5) is 0 Å². The minimum Gasteiger partial charge on any atom is -0.393 e. The molecule has 112 valence electrons. The zero-order valence-corrected chi connectivity index (χ0v) is 12.2. The van der Waals surface area contributed by atoms with Gasteiger partial charge in [0, 0.05) is 6.54 Å². The predicted molar refractivity (Wildman–Crippen MR) is 76.7 cm³/mol. The molecule has 0 atom stereocenters. The lowest BCUT2D eigenvalue weighted by atomic mass is 9.80. The molecule has 2 aliphatic carbocycles. The number of nitriles is 1. The van der Waals surface area contributed by atoms with Crippen molar-refractivity contribution in [2.75, 3.05) is 6.54 Å². The van der Waals surface area contributed by atoms with Gasteiger partial charge in [-0.2, -0.15) is 5.26 Å². The standard InChI is InChI=1S/C16H26N2O2/c17-12-16(9-3-1-2-4-10-16)15(20)18-11-13-5-7-14(19)8-6-13/h13-14,19H,1-11H2,(H,18,20). The number of aliphatic hydroxyl groups excluding tert-OH is 1. The molecule has 2 rings (SSSR count). The third kappa shape index (κ3) is 3.73. The van der Waals surface area contributed by atoms with Gasteiger partial charge >= 0.3 is 0 Å². The third-order valence-corrected chi connectivity index (χ3v) is 4.97. The molecule has 0 spiro atoms. The molecule has 0 bridgehead atoms. The van der Waals surface area contributed by atoms with E-state index in [1.807, 2.05) is 0 Å². The number of hydrogen-bond acceptors (Lipinski definition) is 3. The van der Waals surface area contributed by atoms with Crippen LogP contribution in [-0.4, -0.2) is 23.7 Å². The highest BCUT2D eigenvalue weighted by Gasteiger charge is 2.38. The number of hydrogen-bond donors (Lipinski definition) is 2. The second kappa shape index (κ2) is 7.08. The molecule has 4 heteroatoms. The zero-order chi connectivity index (χ0) is 14.4. The molecule has 0 heterocycles. The fourth-order valence-electron chi connectivity index (χ4n) is 3.48. The predicted octanol–water partition coefficient (Wildman–Crippen LogP) is 2.52. The highest BCUT2D eigenvalue weighted by molar-refractivity contribution is 5.85. The molecule has 2 aliphatic rings. The number of carbonyl (C=O) groups is 1.